The molecule has 5 heteroatoms. The van der Waals surface area contributed by atoms with Crippen LogP contribution in [0.1, 0.15) is 33.5 Å². The predicted molar refractivity (Wildman–Crippen MR) is 96.8 cm³/mol. The zero-order valence-electron chi connectivity index (χ0n) is 14.1. The number of rotatable bonds is 7. The molecule has 0 atom stereocenters. The molecule has 1 N–H and O–H groups in total. The van der Waals surface area contributed by atoms with E-state index in [1.165, 1.54) is 0 Å². The van der Waals surface area contributed by atoms with Gasteiger partial charge < -0.3 is 5.32 Å². The summed E-state index contributed by atoms with van der Waals surface area (Å²) in [5, 5.41) is 2.79. The van der Waals surface area contributed by atoms with Crippen LogP contribution in [0.25, 0.3) is 0 Å². The zero-order valence-corrected chi connectivity index (χ0v) is 14.9. The Morgan fingerprint density at radius 3 is 2.42 bits per heavy atom. The van der Waals surface area contributed by atoms with Crippen molar-refractivity contribution in [1.82, 2.24) is 5.32 Å². The quantitative estimate of drug-likeness (QED) is 0.785. The maximum atomic E-state index is 12.1. The minimum Gasteiger partial charge on any atom is -0.352 e. The lowest BCUT2D eigenvalue weighted by Crippen LogP contribution is -2.26. The van der Waals surface area contributed by atoms with E-state index >= 15 is 0 Å². The SMILES string of the molecule is Cc1ccc(C(=O)NCCCS(=O)(=O)Cc2ccccc2)c(C)c1. The Balaban J connectivity index is 1.80. The molecule has 0 unspecified atom stereocenters. The third-order valence-electron chi connectivity index (χ3n) is 3.77. The summed E-state index contributed by atoms with van der Waals surface area (Å²) in [6, 6.07) is 14.8. The van der Waals surface area contributed by atoms with E-state index in [9.17, 15) is 13.2 Å². The van der Waals surface area contributed by atoms with Crippen molar-refractivity contribution in [2.45, 2.75) is 26.0 Å². The Bertz CT molecular complexity index is 799. The van der Waals surface area contributed by atoms with E-state index in [0.717, 1.165) is 16.7 Å². The summed E-state index contributed by atoms with van der Waals surface area (Å²) in [6.07, 6.45) is 0.409. The summed E-state index contributed by atoms with van der Waals surface area (Å²) in [5.74, 6) is -0.0542. The van der Waals surface area contributed by atoms with Crippen LogP contribution in [0.15, 0.2) is 48.5 Å². The average Bonchev–Trinajstić information content (AvgIpc) is 2.52. The van der Waals surface area contributed by atoms with Gasteiger partial charge in [-0.2, -0.15) is 0 Å². The molecule has 4 nitrogen and oxygen atoms in total. The number of carbonyl (C=O) groups is 1. The van der Waals surface area contributed by atoms with E-state index in [0.29, 0.717) is 18.5 Å². The van der Waals surface area contributed by atoms with Gasteiger partial charge >= 0.3 is 0 Å². The third-order valence-corrected chi connectivity index (χ3v) is 5.46. The largest absolute Gasteiger partial charge is 0.352 e. The highest BCUT2D eigenvalue weighted by atomic mass is 32.2. The summed E-state index contributed by atoms with van der Waals surface area (Å²) < 4.78 is 24.2. The van der Waals surface area contributed by atoms with Crippen LogP contribution in [0.5, 0.6) is 0 Å². The zero-order chi connectivity index (χ0) is 17.6. The van der Waals surface area contributed by atoms with Crippen molar-refractivity contribution in [2.24, 2.45) is 0 Å². The fourth-order valence-electron chi connectivity index (χ4n) is 2.56. The van der Waals surface area contributed by atoms with E-state index in [1.807, 2.05) is 44.2 Å². The fraction of sp³-hybridized carbons (Fsp3) is 0.316. The maximum Gasteiger partial charge on any atom is 0.251 e. The van der Waals surface area contributed by atoms with E-state index in [1.54, 1.807) is 18.2 Å². The molecule has 1 amide bonds. The van der Waals surface area contributed by atoms with E-state index < -0.39 is 9.84 Å². The van der Waals surface area contributed by atoms with Gasteiger partial charge in [0.05, 0.1) is 11.5 Å². The van der Waals surface area contributed by atoms with Gasteiger partial charge in [-0.1, -0.05) is 48.0 Å². The standard InChI is InChI=1S/C19H23NO3S/c1-15-9-10-18(16(2)13-15)19(21)20-11-6-12-24(22,23)14-17-7-4-3-5-8-17/h3-5,7-10,13H,6,11-12,14H2,1-2H3,(H,20,21). The van der Waals surface area contributed by atoms with Crippen molar-refractivity contribution in [2.75, 3.05) is 12.3 Å². The molecule has 2 aromatic carbocycles. The Hall–Kier alpha value is -2.14. The number of hydrogen-bond acceptors (Lipinski definition) is 3. The van der Waals surface area contributed by atoms with Crippen molar-refractivity contribution in [1.29, 1.82) is 0 Å². The fourth-order valence-corrected chi connectivity index (χ4v) is 3.99. The summed E-state index contributed by atoms with van der Waals surface area (Å²) >= 11 is 0. The Kier molecular flexibility index (Phi) is 6.15. The molecule has 0 heterocycles. The molecule has 0 aromatic heterocycles. The monoisotopic (exact) mass is 345 g/mol. The second-order valence-corrected chi connectivity index (χ2v) is 8.19. The second-order valence-electron chi connectivity index (χ2n) is 6.01. The maximum absolute atomic E-state index is 12.1. The Morgan fingerprint density at radius 2 is 1.75 bits per heavy atom. The van der Waals surface area contributed by atoms with Gasteiger partial charge in [0, 0.05) is 12.1 Å². The molecule has 2 rings (SSSR count). The molecule has 128 valence electrons. The first-order valence-electron chi connectivity index (χ1n) is 7.97. The van der Waals surface area contributed by atoms with Crippen LogP contribution >= 0.6 is 0 Å². The lowest BCUT2D eigenvalue weighted by Gasteiger charge is -2.09. The van der Waals surface area contributed by atoms with Crippen molar-refractivity contribution < 1.29 is 13.2 Å². The number of benzene rings is 2. The first-order valence-corrected chi connectivity index (χ1v) is 9.79. The molecule has 0 radical (unpaired) electrons. The molecule has 24 heavy (non-hydrogen) atoms. The minimum atomic E-state index is -3.16. The van der Waals surface area contributed by atoms with Gasteiger partial charge in [-0.15, -0.1) is 0 Å². The topological polar surface area (TPSA) is 63.2 Å². The molecule has 0 aliphatic rings. The van der Waals surface area contributed by atoms with Crippen molar-refractivity contribution in [3.05, 3.63) is 70.8 Å². The first-order chi connectivity index (χ1) is 11.4. The highest BCUT2D eigenvalue weighted by Crippen LogP contribution is 2.10. The highest BCUT2D eigenvalue weighted by Gasteiger charge is 2.13. The molecule has 0 saturated heterocycles. The molecule has 0 bridgehead atoms. The van der Waals surface area contributed by atoms with E-state index in [-0.39, 0.29) is 17.4 Å². The van der Waals surface area contributed by atoms with Crippen LogP contribution in [0, 0.1) is 13.8 Å². The molecular weight excluding hydrogens is 322 g/mol. The van der Waals surface area contributed by atoms with Crippen LogP contribution in [0.2, 0.25) is 0 Å². The summed E-state index contributed by atoms with van der Waals surface area (Å²) in [5.41, 5.74) is 3.45. The van der Waals surface area contributed by atoms with E-state index in [2.05, 4.69) is 5.32 Å². The Labute approximate surface area is 143 Å². The van der Waals surface area contributed by atoms with Crippen LogP contribution in [-0.2, 0) is 15.6 Å². The van der Waals surface area contributed by atoms with E-state index in [4.69, 9.17) is 0 Å². The smallest absolute Gasteiger partial charge is 0.251 e. The molecule has 0 fully saturated rings. The van der Waals surface area contributed by atoms with Gasteiger partial charge in [0.1, 0.15) is 0 Å². The van der Waals surface area contributed by atoms with Gasteiger partial charge in [0.15, 0.2) is 9.84 Å². The second kappa shape index (κ2) is 8.11. The van der Waals surface area contributed by atoms with Crippen LogP contribution in [0.4, 0.5) is 0 Å². The van der Waals surface area contributed by atoms with Gasteiger partial charge in [-0.05, 0) is 37.5 Å². The molecule has 0 spiro atoms. The predicted octanol–water partition coefficient (Wildman–Crippen LogP) is 3.04. The lowest BCUT2D eigenvalue weighted by molar-refractivity contribution is 0.0953. The van der Waals surface area contributed by atoms with Crippen molar-refractivity contribution in [3.63, 3.8) is 0 Å². The lowest BCUT2D eigenvalue weighted by atomic mass is 10.1. The molecular formula is C19H23NO3S. The van der Waals surface area contributed by atoms with Gasteiger partial charge in [0.2, 0.25) is 0 Å². The minimum absolute atomic E-state index is 0.0405. The number of amides is 1. The van der Waals surface area contributed by atoms with Crippen molar-refractivity contribution in [3.8, 4) is 0 Å². The number of nitrogens with one attached hydrogen (secondary N) is 1. The summed E-state index contributed by atoms with van der Waals surface area (Å²) in [6.45, 7) is 4.22. The normalized spacial score (nSPS) is 11.2. The Morgan fingerprint density at radius 1 is 1.04 bits per heavy atom. The molecule has 0 aliphatic heterocycles. The third kappa shape index (κ3) is 5.49. The van der Waals surface area contributed by atoms with Gasteiger partial charge in [-0.3, -0.25) is 4.79 Å². The number of hydrogen-bond donors (Lipinski definition) is 1. The number of carbonyl (C=O) groups excluding carboxylic acids is 1. The summed E-state index contributed by atoms with van der Waals surface area (Å²) in [7, 11) is -3.16. The highest BCUT2D eigenvalue weighted by molar-refractivity contribution is 7.90. The van der Waals surface area contributed by atoms with Gasteiger partial charge in [-0.25, -0.2) is 8.42 Å². The van der Waals surface area contributed by atoms with Crippen LogP contribution < -0.4 is 5.32 Å². The first kappa shape index (κ1) is 18.2. The number of sulfone groups is 1. The molecule has 0 aliphatic carbocycles. The molecule has 0 saturated carbocycles. The van der Waals surface area contributed by atoms with Crippen LogP contribution in [0.3, 0.4) is 0 Å². The molecule has 2 aromatic rings. The number of aryl methyl sites for hydroxylation is 2. The average molecular weight is 345 g/mol. The van der Waals surface area contributed by atoms with Gasteiger partial charge in [0.25, 0.3) is 5.91 Å². The van der Waals surface area contributed by atoms with Crippen molar-refractivity contribution >= 4 is 15.7 Å². The summed E-state index contributed by atoms with van der Waals surface area (Å²) in [4.78, 5) is 12.1. The van der Waals surface area contributed by atoms with Crippen LogP contribution in [-0.4, -0.2) is 26.6 Å².